The largest absolute Gasteiger partial charge is 0.336 e. The van der Waals surface area contributed by atoms with E-state index in [0.29, 0.717) is 10.6 Å². The molecule has 0 N–H and O–H groups in total. The Balaban J connectivity index is 1.73. The molecule has 0 radical (unpaired) electrons. The van der Waals surface area contributed by atoms with E-state index >= 15 is 0 Å². The topological polar surface area (TPSA) is 36.4 Å². The van der Waals surface area contributed by atoms with Gasteiger partial charge in [-0.1, -0.05) is 0 Å². The number of nitrogens with zero attached hydrogens (tertiary/aromatic N) is 3. The van der Waals surface area contributed by atoms with Crippen LogP contribution in [-0.2, 0) is 0 Å². The summed E-state index contributed by atoms with van der Waals surface area (Å²) in [6.45, 7) is 3.93. The second-order valence-electron chi connectivity index (χ2n) is 4.95. The molecule has 2 aliphatic rings. The highest BCUT2D eigenvalue weighted by Crippen LogP contribution is 2.22. The molecule has 5 heteroatoms. The van der Waals surface area contributed by atoms with Crippen LogP contribution in [0.1, 0.15) is 23.2 Å². The lowest BCUT2D eigenvalue weighted by molar-refractivity contribution is 0.0571. The fourth-order valence-corrected chi connectivity index (χ4v) is 3.26. The molecule has 1 atom stereocenters. The standard InChI is InChI=1S/C13H16BrN3O/c14-12-8-10(3-4-15-12)13(18)17-7-6-16-5-1-2-11(16)9-17/h3-4,8,11H,1-2,5-7,9H2. The maximum atomic E-state index is 12.4. The minimum Gasteiger partial charge on any atom is -0.336 e. The van der Waals surface area contributed by atoms with Gasteiger partial charge in [-0.2, -0.15) is 0 Å². The van der Waals surface area contributed by atoms with E-state index in [2.05, 4.69) is 25.8 Å². The predicted molar refractivity (Wildman–Crippen MR) is 72.4 cm³/mol. The van der Waals surface area contributed by atoms with Crippen LogP contribution < -0.4 is 0 Å². The highest BCUT2D eigenvalue weighted by atomic mass is 79.9. The van der Waals surface area contributed by atoms with Gasteiger partial charge in [-0.05, 0) is 47.4 Å². The number of piperazine rings is 1. The van der Waals surface area contributed by atoms with Gasteiger partial charge in [0.1, 0.15) is 4.60 Å². The summed E-state index contributed by atoms with van der Waals surface area (Å²) in [5.41, 5.74) is 0.725. The number of hydrogen-bond donors (Lipinski definition) is 0. The van der Waals surface area contributed by atoms with Gasteiger partial charge in [-0.15, -0.1) is 0 Å². The van der Waals surface area contributed by atoms with E-state index in [-0.39, 0.29) is 5.91 Å². The van der Waals surface area contributed by atoms with Crippen molar-refractivity contribution < 1.29 is 4.79 Å². The third-order valence-electron chi connectivity index (χ3n) is 3.85. The molecule has 4 nitrogen and oxygen atoms in total. The quantitative estimate of drug-likeness (QED) is 0.742. The van der Waals surface area contributed by atoms with Crippen LogP contribution in [0.5, 0.6) is 0 Å². The van der Waals surface area contributed by atoms with E-state index in [9.17, 15) is 4.79 Å². The molecule has 18 heavy (non-hydrogen) atoms. The first-order valence-corrected chi connectivity index (χ1v) is 7.18. The molecule has 1 unspecified atom stereocenters. The van der Waals surface area contributed by atoms with E-state index in [4.69, 9.17) is 0 Å². The van der Waals surface area contributed by atoms with Crippen LogP contribution >= 0.6 is 15.9 Å². The van der Waals surface area contributed by atoms with E-state index in [0.717, 1.165) is 25.2 Å². The smallest absolute Gasteiger partial charge is 0.254 e. The van der Waals surface area contributed by atoms with Crippen LogP contribution in [0.25, 0.3) is 0 Å². The number of fused-ring (bicyclic) bond motifs is 1. The molecular formula is C13H16BrN3O. The van der Waals surface area contributed by atoms with Gasteiger partial charge in [0.2, 0.25) is 0 Å². The molecule has 3 heterocycles. The Morgan fingerprint density at radius 2 is 2.28 bits per heavy atom. The molecule has 0 bridgehead atoms. The number of rotatable bonds is 1. The van der Waals surface area contributed by atoms with E-state index in [1.807, 2.05) is 4.90 Å². The zero-order valence-electron chi connectivity index (χ0n) is 10.2. The molecule has 2 fully saturated rings. The van der Waals surface area contributed by atoms with Gasteiger partial charge >= 0.3 is 0 Å². The van der Waals surface area contributed by atoms with Gasteiger partial charge in [-0.25, -0.2) is 4.98 Å². The summed E-state index contributed by atoms with van der Waals surface area (Å²) in [6.07, 6.45) is 4.17. The van der Waals surface area contributed by atoms with Crippen molar-refractivity contribution in [1.29, 1.82) is 0 Å². The van der Waals surface area contributed by atoms with Crippen molar-refractivity contribution in [3.63, 3.8) is 0 Å². The molecule has 1 aromatic rings. The van der Waals surface area contributed by atoms with Gasteiger partial charge in [0.15, 0.2) is 0 Å². The number of aromatic nitrogens is 1. The molecule has 2 aliphatic heterocycles. The Bertz CT molecular complexity index is 465. The molecule has 0 spiro atoms. The Labute approximate surface area is 115 Å². The molecule has 0 aromatic carbocycles. The van der Waals surface area contributed by atoms with Crippen molar-refractivity contribution in [2.45, 2.75) is 18.9 Å². The van der Waals surface area contributed by atoms with Crippen molar-refractivity contribution in [1.82, 2.24) is 14.8 Å². The minimum absolute atomic E-state index is 0.129. The van der Waals surface area contributed by atoms with Crippen LogP contribution in [0.4, 0.5) is 0 Å². The Kier molecular flexibility index (Phi) is 3.35. The average Bonchev–Trinajstić information content (AvgIpc) is 2.85. The number of carbonyl (C=O) groups is 1. The van der Waals surface area contributed by atoms with Gasteiger partial charge in [0.05, 0.1) is 0 Å². The third kappa shape index (κ3) is 2.29. The maximum absolute atomic E-state index is 12.4. The predicted octanol–water partition coefficient (Wildman–Crippen LogP) is 1.76. The summed E-state index contributed by atoms with van der Waals surface area (Å²) in [7, 11) is 0. The normalized spacial score (nSPS) is 24.1. The Morgan fingerprint density at radius 3 is 3.11 bits per heavy atom. The second kappa shape index (κ2) is 4.97. The van der Waals surface area contributed by atoms with Gasteiger partial charge < -0.3 is 4.90 Å². The second-order valence-corrected chi connectivity index (χ2v) is 5.76. The van der Waals surface area contributed by atoms with E-state index < -0.39 is 0 Å². The van der Waals surface area contributed by atoms with Crippen LogP contribution in [0.2, 0.25) is 0 Å². The van der Waals surface area contributed by atoms with Gasteiger partial charge in [0.25, 0.3) is 5.91 Å². The van der Waals surface area contributed by atoms with Crippen molar-refractivity contribution in [2.24, 2.45) is 0 Å². The molecule has 0 saturated carbocycles. The van der Waals surface area contributed by atoms with Crippen molar-refractivity contribution >= 4 is 21.8 Å². The molecule has 3 rings (SSSR count). The van der Waals surface area contributed by atoms with Crippen LogP contribution in [0, 0.1) is 0 Å². The first-order chi connectivity index (χ1) is 8.74. The van der Waals surface area contributed by atoms with E-state index in [1.165, 1.54) is 19.4 Å². The fourth-order valence-electron chi connectivity index (χ4n) is 2.89. The maximum Gasteiger partial charge on any atom is 0.254 e. The van der Waals surface area contributed by atoms with Crippen LogP contribution in [0.3, 0.4) is 0 Å². The fraction of sp³-hybridized carbons (Fsp3) is 0.538. The van der Waals surface area contributed by atoms with Crippen LogP contribution in [0.15, 0.2) is 22.9 Å². The summed E-state index contributed by atoms with van der Waals surface area (Å²) in [5, 5.41) is 0. The molecule has 96 valence electrons. The molecule has 2 saturated heterocycles. The molecule has 1 amide bonds. The lowest BCUT2D eigenvalue weighted by Gasteiger charge is -2.37. The molecular weight excluding hydrogens is 294 g/mol. The zero-order chi connectivity index (χ0) is 12.5. The number of carbonyl (C=O) groups excluding carboxylic acids is 1. The molecule has 0 aliphatic carbocycles. The monoisotopic (exact) mass is 309 g/mol. The number of amides is 1. The van der Waals surface area contributed by atoms with Crippen molar-refractivity contribution in [2.75, 3.05) is 26.2 Å². The van der Waals surface area contributed by atoms with Crippen molar-refractivity contribution in [3.05, 3.63) is 28.5 Å². The van der Waals surface area contributed by atoms with Crippen LogP contribution in [-0.4, -0.2) is 52.9 Å². The number of hydrogen-bond acceptors (Lipinski definition) is 3. The Morgan fingerprint density at radius 1 is 1.39 bits per heavy atom. The SMILES string of the molecule is O=C(c1ccnc(Br)c1)N1CCN2CCCC2C1. The summed E-state index contributed by atoms with van der Waals surface area (Å²) >= 11 is 3.31. The highest BCUT2D eigenvalue weighted by molar-refractivity contribution is 9.10. The number of pyridine rings is 1. The summed E-state index contributed by atoms with van der Waals surface area (Å²) in [6, 6.07) is 4.16. The average molecular weight is 310 g/mol. The first-order valence-electron chi connectivity index (χ1n) is 6.39. The highest BCUT2D eigenvalue weighted by Gasteiger charge is 2.32. The summed E-state index contributed by atoms with van der Waals surface area (Å²) < 4.78 is 0.716. The van der Waals surface area contributed by atoms with Crippen molar-refractivity contribution in [3.8, 4) is 0 Å². The zero-order valence-corrected chi connectivity index (χ0v) is 11.8. The Hall–Kier alpha value is -0.940. The lowest BCUT2D eigenvalue weighted by atomic mass is 10.1. The summed E-state index contributed by atoms with van der Waals surface area (Å²) in [5.74, 6) is 0.129. The third-order valence-corrected chi connectivity index (χ3v) is 4.28. The van der Waals surface area contributed by atoms with E-state index in [1.54, 1.807) is 18.3 Å². The number of halogens is 1. The molecule has 1 aromatic heterocycles. The van der Waals surface area contributed by atoms with Gasteiger partial charge in [-0.3, -0.25) is 9.69 Å². The first kappa shape index (κ1) is 12.1. The minimum atomic E-state index is 0.129. The van der Waals surface area contributed by atoms with Gasteiger partial charge in [0, 0.05) is 37.4 Å². The lowest BCUT2D eigenvalue weighted by Crippen LogP contribution is -2.52. The summed E-state index contributed by atoms with van der Waals surface area (Å²) in [4.78, 5) is 20.9.